The second-order valence-electron chi connectivity index (χ2n) is 9.55. The van der Waals surface area contributed by atoms with Gasteiger partial charge in [0.1, 0.15) is 22.9 Å². The van der Waals surface area contributed by atoms with Gasteiger partial charge in [-0.1, -0.05) is 35.3 Å². The van der Waals surface area contributed by atoms with Crippen LogP contribution in [0.2, 0.25) is 10.0 Å². The third kappa shape index (κ3) is 7.74. The summed E-state index contributed by atoms with van der Waals surface area (Å²) in [7, 11) is -3.94. The Balaban J connectivity index is 1.41. The number of ether oxygens (including phenoxy) is 2. The van der Waals surface area contributed by atoms with Crippen molar-refractivity contribution in [1.29, 1.82) is 0 Å². The van der Waals surface area contributed by atoms with Crippen LogP contribution in [0.5, 0.6) is 11.5 Å². The van der Waals surface area contributed by atoms with Crippen LogP contribution in [0.3, 0.4) is 0 Å². The van der Waals surface area contributed by atoms with Crippen molar-refractivity contribution in [3.63, 3.8) is 0 Å². The van der Waals surface area contributed by atoms with E-state index in [0.29, 0.717) is 5.56 Å². The number of nitrogens with one attached hydrogen (secondary N) is 1. The Kier molecular flexibility index (Phi) is 9.75. The molecule has 1 saturated heterocycles. The lowest BCUT2D eigenvalue weighted by Crippen LogP contribution is -2.50. The van der Waals surface area contributed by atoms with E-state index in [1.54, 1.807) is 0 Å². The maximum atomic E-state index is 13.0. The number of hydrogen-bond acceptors (Lipinski definition) is 8. The van der Waals surface area contributed by atoms with E-state index >= 15 is 0 Å². The van der Waals surface area contributed by atoms with Crippen LogP contribution >= 0.6 is 23.2 Å². The summed E-state index contributed by atoms with van der Waals surface area (Å²) in [5.74, 6) is -0.635. The Morgan fingerprint density at radius 2 is 1.88 bits per heavy atom. The normalized spacial score (nSPS) is 18.3. The first-order valence-corrected chi connectivity index (χ1v) is 14.8. The molecule has 2 aliphatic rings. The van der Waals surface area contributed by atoms with Gasteiger partial charge in [-0.3, -0.25) is 9.79 Å². The number of nitrogens with zero attached hydrogens (tertiary/aromatic N) is 2. The zero-order valence-electron chi connectivity index (χ0n) is 21.8. The Labute approximate surface area is 249 Å². The highest BCUT2D eigenvalue weighted by atomic mass is 35.5. The number of hydrogen-bond donors (Lipinski definition) is 3. The van der Waals surface area contributed by atoms with Gasteiger partial charge in [0.25, 0.3) is 5.91 Å². The molecule has 0 radical (unpaired) electrons. The molecule has 0 aliphatic carbocycles. The molecule has 2 heterocycles. The highest BCUT2D eigenvalue weighted by Crippen LogP contribution is 2.35. The summed E-state index contributed by atoms with van der Waals surface area (Å²) >= 11 is 12.5. The van der Waals surface area contributed by atoms with E-state index in [0.717, 1.165) is 17.5 Å². The lowest BCUT2D eigenvalue weighted by atomic mass is 9.89. The van der Waals surface area contributed by atoms with E-state index in [-0.39, 0.29) is 66.2 Å². The van der Waals surface area contributed by atoms with Crippen molar-refractivity contribution in [2.45, 2.75) is 37.3 Å². The standard InChI is InChI=1S/C26H26Cl2F3N3O7S/c27-20-14-22(40-10-4-18(36)15-35)21(28)13-16(20)5-11-42(38,39)34-8-6-25(7-9-34)24(37)32-23(33-25)17-2-1-3-19(12-17)41-26(29,30)31/h1-3,5,11-14,18,35-36H,4,6-10,15H2,(H,32,33,37)/b11-5+. The fourth-order valence-corrected chi connectivity index (χ4v) is 5.99. The quantitative estimate of drug-likeness (QED) is 0.356. The average molecular weight is 652 g/mol. The van der Waals surface area contributed by atoms with Crippen molar-refractivity contribution in [3.05, 3.63) is 63.0 Å². The second kappa shape index (κ2) is 12.8. The molecule has 10 nitrogen and oxygen atoms in total. The maximum absolute atomic E-state index is 13.0. The van der Waals surface area contributed by atoms with E-state index < -0.39 is 46.3 Å². The van der Waals surface area contributed by atoms with Crippen LogP contribution in [0.25, 0.3) is 6.08 Å². The smallest absolute Gasteiger partial charge is 0.492 e. The zero-order chi connectivity index (χ0) is 30.7. The first kappa shape index (κ1) is 32.0. The van der Waals surface area contributed by atoms with Crippen LogP contribution in [0.4, 0.5) is 13.2 Å². The number of aliphatic hydroxyl groups is 2. The Morgan fingerprint density at radius 1 is 1.17 bits per heavy atom. The van der Waals surface area contributed by atoms with E-state index in [1.807, 2.05) is 0 Å². The highest BCUT2D eigenvalue weighted by molar-refractivity contribution is 7.92. The number of aliphatic hydroxyl groups excluding tert-OH is 2. The zero-order valence-corrected chi connectivity index (χ0v) is 24.1. The minimum absolute atomic E-state index is 0.0327. The number of piperidine rings is 1. The molecule has 1 fully saturated rings. The minimum atomic E-state index is -4.88. The van der Waals surface area contributed by atoms with Gasteiger partial charge in [-0.2, -0.15) is 4.31 Å². The van der Waals surface area contributed by atoms with Gasteiger partial charge >= 0.3 is 6.36 Å². The first-order valence-electron chi connectivity index (χ1n) is 12.6. The summed E-state index contributed by atoms with van der Waals surface area (Å²) < 4.78 is 74.4. The average Bonchev–Trinajstić information content (AvgIpc) is 3.24. The van der Waals surface area contributed by atoms with Gasteiger partial charge in [0, 0.05) is 36.5 Å². The number of aliphatic imine (C=N–C) groups is 1. The third-order valence-corrected chi connectivity index (χ3v) is 8.81. The van der Waals surface area contributed by atoms with Gasteiger partial charge in [-0.25, -0.2) is 8.42 Å². The number of carbonyl (C=O) groups is 1. The summed E-state index contributed by atoms with van der Waals surface area (Å²) in [4.78, 5) is 17.3. The molecule has 1 atom stereocenters. The summed E-state index contributed by atoms with van der Waals surface area (Å²) in [5, 5.41) is 22.2. The number of alkyl halides is 3. The topological polar surface area (TPSA) is 138 Å². The lowest BCUT2D eigenvalue weighted by Gasteiger charge is -2.34. The van der Waals surface area contributed by atoms with Crippen molar-refractivity contribution in [3.8, 4) is 11.5 Å². The predicted molar refractivity (Wildman–Crippen MR) is 149 cm³/mol. The lowest BCUT2D eigenvalue weighted by molar-refractivity contribution is -0.274. The molecule has 1 unspecified atom stereocenters. The molecule has 3 N–H and O–H groups in total. The Bertz CT molecular complexity index is 1490. The molecule has 0 aromatic heterocycles. The summed E-state index contributed by atoms with van der Waals surface area (Å²) in [6, 6.07) is 7.87. The van der Waals surface area contributed by atoms with Crippen LogP contribution in [-0.4, -0.2) is 79.0 Å². The molecule has 2 aliphatic heterocycles. The van der Waals surface area contributed by atoms with Crippen molar-refractivity contribution in [2.75, 3.05) is 26.3 Å². The predicted octanol–water partition coefficient (Wildman–Crippen LogP) is 3.73. The molecule has 1 spiro atoms. The largest absolute Gasteiger partial charge is 0.573 e. The molecule has 4 rings (SSSR count). The van der Waals surface area contributed by atoms with Gasteiger partial charge in [0.2, 0.25) is 10.0 Å². The van der Waals surface area contributed by atoms with E-state index in [9.17, 15) is 31.5 Å². The number of amides is 1. The number of carbonyl (C=O) groups excluding carboxylic acids is 1. The molecule has 2 aromatic carbocycles. The number of sulfonamides is 1. The summed E-state index contributed by atoms with van der Waals surface area (Å²) in [6.07, 6.45) is -4.27. The van der Waals surface area contributed by atoms with Gasteiger partial charge < -0.3 is 25.0 Å². The molecule has 0 saturated carbocycles. The molecule has 0 bridgehead atoms. The van der Waals surface area contributed by atoms with Crippen LogP contribution in [0.1, 0.15) is 30.4 Å². The van der Waals surface area contributed by atoms with Gasteiger partial charge in [0.05, 0.1) is 29.4 Å². The molecular weight excluding hydrogens is 626 g/mol. The molecule has 1 amide bonds. The first-order chi connectivity index (χ1) is 19.7. The fourth-order valence-electron chi connectivity index (χ4n) is 4.37. The number of rotatable bonds is 10. The number of halogens is 5. The van der Waals surface area contributed by atoms with E-state index in [2.05, 4.69) is 15.0 Å². The molecular formula is C26H26Cl2F3N3O7S. The number of amidine groups is 1. The van der Waals surface area contributed by atoms with E-state index in [4.69, 9.17) is 33.0 Å². The van der Waals surface area contributed by atoms with Crippen LogP contribution in [0.15, 0.2) is 46.8 Å². The Morgan fingerprint density at radius 3 is 2.55 bits per heavy atom. The molecule has 16 heteroatoms. The second-order valence-corrected chi connectivity index (χ2v) is 12.2. The molecule has 228 valence electrons. The summed E-state index contributed by atoms with van der Waals surface area (Å²) in [5.41, 5.74) is -0.733. The van der Waals surface area contributed by atoms with Crippen LogP contribution in [-0.2, 0) is 14.8 Å². The van der Waals surface area contributed by atoms with Gasteiger partial charge in [-0.15, -0.1) is 13.2 Å². The van der Waals surface area contributed by atoms with Gasteiger partial charge in [-0.05, 0) is 42.7 Å². The highest BCUT2D eigenvalue weighted by Gasteiger charge is 2.47. The van der Waals surface area contributed by atoms with Crippen molar-refractivity contribution < 1.29 is 46.1 Å². The van der Waals surface area contributed by atoms with Crippen LogP contribution < -0.4 is 14.8 Å². The van der Waals surface area contributed by atoms with E-state index in [1.165, 1.54) is 34.6 Å². The van der Waals surface area contributed by atoms with Crippen molar-refractivity contribution in [1.82, 2.24) is 9.62 Å². The fraction of sp³-hybridized carbons (Fsp3) is 0.385. The Hall–Kier alpha value is -2.88. The molecule has 42 heavy (non-hydrogen) atoms. The monoisotopic (exact) mass is 651 g/mol. The number of benzene rings is 2. The van der Waals surface area contributed by atoms with Crippen molar-refractivity contribution in [2.24, 2.45) is 4.99 Å². The van der Waals surface area contributed by atoms with Gasteiger partial charge in [0.15, 0.2) is 0 Å². The SMILES string of the molecule is O=C1NC(c2cccc(OC(F)(F)F)c2)=NC12CCN(S(=O)(=O)/C=C/c1cc(Cl)c(OCCC(O)CO)cc1Cl)CC2. The third-order valence-electron chi connectivity index (χ3n) is 6.62. The van der Waals surface area contributed by atoms with Crippen LogP contribution in [0, 0.1) is 0 Å². The molecule has 2 aromatic rings. The maximum Gasteiger partial charge on any atom is 0.573 e. The van der Waals surface area contributed by atoms with Crippen molar-refractivity contribution >= 4 is 51.0 Å². The summed E-state index contributed by atoms with van der Waals surface area (Å²) in [6.45, 7) is -0.404. The minimum Gasteiger partial charge on any atom is -0.492 e.